The van der Waals surface area contributed by atoms with Crippen LogP contribution in [0.25, 0.3) is 0 Å². The highest BCUT2D eigenvalue weighted by Gasteiger charge is 2.05. The molecule has 1 N–H and O–H groups in total. The quantitative estimate of drug-likeness (QED) is 0.744. The fourth-order valence-corrected chi connectivity index (χ4v) is 3.04. The molecule has 0 bridgehead atoms. The van der Waals surface area contributed by atoms with Gasteiger partial charge in [-0.25, -0.2) is 9.79 Å². The van der Waals surface area contributed by atoms with E-state index in [9.17, 15) is 4.79 Å². The molecule has 0 aliphatic carbocycles. The molecule has 0 radical (unpaired) electrons. The lowest BCUT2D eigenvalue weighted by Gasteiger charge is -2.02. The Morgan fingerprint density at radius 3 is 2.61 bits per heavy atom. The first-order valence-corrected chi connectivity index (χ1v) is 8.44. The molecule has 0 spiro atoms. The van der Waals surface area contributed by atoms with Gasteiger partial charge in [0.2, 0.25) is 4.80 Å². The summed E-state index contributed by atoms with van der Waals surface area (Å²) >= 11 is 13.2. The highest BCUT2D eigenvalue weighted by molar-refractivity contribution is 7.02. The van der Waals surface area contributed by atoms with Crippen molar-refractivity contribution in [1.29, 1.82) is 0 Å². The second kappa shape index (κ2) is 6.74. The highest BCUT2D eigenvalue weighted by atomic mass is 35.5. The van der Waals surface area contributed by atoms with Crippen molar-refractivity contribution in [3.8, 4) is 0 Å². The molecule has 0 saturated carbocycles. The van der Waals surface area contributed by atoms with Gasteiger partial charge < -0.3 is 0 Å². The van der Waals surface area contributed by atoms with Crippen LogP contribution in [0.15, 0.2) is 52.3 Å². The van der Waals surface area contributed by atoms with Crippen molar-refractivity contribution >= 4 is 40.4 Å². The zero-order valence-electron chi connectivity index (χ0n) is 12.2. The zero-order chi connectivity index (χ0) is 16.4. The van der Waals surface area contributed by atoms with Crippen molar-refractivity contribution in [2.24, 2.45) is 4.99 Å². The van der Waals surface area contributed by atoms with Gasteiger partial charge in [0.05, 0.1) is 12.2 Å². The molecule has 3 aromatic rings. The third-order valence-electron chi connectivity index (χ3n) is 3.34. The van der Waals surface area contributed by atoms with Crippen LogP contribution in [-0.2, 0) is 6.54 Å². The number of rotatable bonds is 3. The molecule has 0 amide bonds. The van der Waals surface area contributed by atoms with Gasteiger partial charge >= 0.3 is 5.69 Å². The average Bonchev–Trinajstić information content (AvgIpc) is 2.86. The summed E-state index contributed by atoms with van der Waals surface area (Å²) in [5.74, 6) is 0. The van der Waals surface area contributed by atoms with E-state index in [-0.39, 0.29) is 5.69 Å². The molecule has 2 aromatic carbocycles. The van der Waals surface area contributed by atoms with Crippen molar-refractivity contribution in [1.82, 2.24) is 8.94 Å². The van der Waals surface area contributed by atoms with Gasteiger partial charge in [-0.15, -0.1) is 0 Å². The van der Waals surface area contributed by atoms with Crippen molar-refractivity contribution in [3.05, 3.63) is 78.9 Å². The van der Waals surface area contributed by atoms with Crippen LogP contribution in [0.4, 0.5) is 5.69 Å². The molecule has 0 aliphatic rings. The molecule has 0 atom stereocenters. The van der Waals surface area contributed by atoms with Crippen LogP contribution in [-0.4, -0.2) is 8.94 Å². The van der Waals surface area contributed by atoms with Gasteiger partial charge in [0, 0.05) is 10.0 Å². The molecule has 4 nitrogen and oxygen atoms in total. The minimum atomic E-state index is -0.193. The number of H-pyrrole nitrogens is 1. The molecule has 0 unspecified atom stereocenters. The first-order chi connectivity index (χ1) is 11.0. The SMILES string of the molecule is Cc1ccc(/N=c2\s[nH]c(=O)n2Cc2ccc(Cl)cc2)cc1Cl. The lowest BCUT2D eigenvalue weighted by atomic mass is 10.2. The Balaban J connectivity index is 2.01. The van der Waals surface area contributed by atoms with Crippen LogP contribution >= 0.6 is 34.7 Å². The predicted octanol–water partition coefficient (Wildman–Crippen LogP) is 4.13. The van der Waals surface area contributed by atoms with E-state index in [2.05, 4.69) is 9.37 Å². The van der Waals surface area contributed by atoms with Gasteiger partial charge in [0.1, 0.15) is 0 Å². The Morgan fingerprint density at radius 1 is 1.17 bits per heavy atom. The predicted molar refractivity (Wildman–Crippen MR) is 94.9 cm³/mol. The van der Waals surface area contributed by atoms with E-state index in [4.69, 9.17) is 23.2 Å². The molecule has 0 aliphatic heterocycles. The van der Waals surface area contributed by atoms with Crippen LogP contribution in [0.3, 0.4) is 0 Å². The second-order valence-corrected chi connectivity index (χ2v) is 6.67. The van der Waals surface area contributed by atoms with Gasteiger partial charge in [-0.2, -0.15) is 0 Å². The summed E-state index contributed by atoms with van der Waals surface area (Å²) in [5.41, 5.74) is 2.48. The van der Waals surface area contributed by atoms with Crippen molar-refractivity contribution in [2.45, 2.75) is 13.5 Å². The van der Waals surface area contributed by atoms with E-state index in [1.165, 1.54) is 11.5 Å². The van der Waals surface area contributed by atoms with Gasteiger partial charge in [-0.3, -0.25) is 8.94 Å². The van der Waals surface area contributed by atoms with Crippen molar-refractivity contribution in [3.63, 3.8) is 0 Å². The first kappa shape index (κ1) is 16.1. The molecule has 1 heterocycles. The van der Waals surface area contributed by atoms with E-state index < -0.39 is 0 Å². The third-order valence-corrected chi connectivity index (χ3v) is 4.77. The van der Waals surface area contributed by atoms with Crippen LogP contribution in [0.5, 0.6) is 0 Å². The summed E-state index contributed by atoms with van der Waals surface area (Å²) in [6.45, 7) is 2.36. The summed E-state index contributed by atoms with van der Waals surface area (Å²) in [6.07, 6.45) is 0. The van der Waals surface area contributed by atoms with Gasteiger partial charge in [0.25, 0.3) is 0 Å². The molecule has 118 valence electrons. The van der Waals surface area contributed by atoms with E-state index in [0.29, 0.717) is 27.1 Å². The molecule has 7 heteroatoms. The number of hydrogen-bond donors (Lipinski definition) is 1. The molecular formula is C16H13Cl2N3OS. The van der Waals surface area contributed by atoms with Crippen LogP contribution < -0.4 is 10.5 Å². The maximum atomic E-state index is 12.0. The molecule has 1 aromatic heterocycles. The fraction of sp³-hybridized carbons (Fsp3) is 0.125. The van der Waals surface area contributed by atoms with Crippen molar-refractivity contribution < 1.29 is 0 Å². The number of nitrogens with one attached hydrogen (secondary N) is 1. The zero-order valence-corrected chi connectivity index (χ0v) is 14.5. The monoisotopic (exact) mass is 365 g/mol. The lowest BCUT2D eigenvalue weighted by molar-refractivity contribution is 0.727. The maximum Gasteiger partial charge on any atom is 0.337 e. The standard InChI is InChI=1S/C16H13Cl2N3OS/c1-10-2-7-13(8-14(10)18)19-16-21(15(22)20-23-16)9-11-3-5-12(17)6-4-11/h2-8H,9H2,1H3,(H,20,22)/b19-16-. The van der Waals surface area contributed by atoms with Gasteiger partial charge in [-0.1, -0.05) is 41.4 Å². The van der Waals surface area contributed by atoms with Crippen LogP contribution in [0.1, 0.15) is 11.1 Å². The molecule has 0 fully saturated rings. The highest BCUT2D eigenvalue weighted by Crippen LogP contribution is 2.21. The molecule has 23 heavy (non-hydrogen) atoms. The van der Waals surface area contributed by atoms with E-state index in [1.54, 1.807) is 22.8 Å². The van der Waals surface area contributed by atoms with E-state index in [0.717, 1.165) is 11.1 Å². The summed E-state index contributed by atoms with van der Waals surface area (Å²) in [4.78, 5) is 17.1. The van der Waals surface area contributed by atoms with E-state index in [1.807, 2.05) is 31.2 Å². The number of benzene rings is 2. The summed E-state index contributed by atoms with van der Waals surface area (Å²) in [5, 5.41) is 1.32. The summed E-state index contributed by atoms with van der Waals surface area (Å²) < 4.78 is 4.30. The average molecular weight is 366 g/mol. The Morgan fingerprint density at radius 2 is 1.91 bits per heavy atom. The number of aromatic amines is 1. The number of nitrogens with zero attached hydrogens (tertiary/aromatic N) is 2. The summed E-state index contributed by atoms with van der Waals surface area (Å²) in [7, 11) is 0. The Labute approximate surface area is 146 Å². The number of halogens is 2. The van der Waals surface area contributed by atoms with Crippen molar-refractivity contribution in [2.75, 3.05) is 0 Å². The van der Waals surface area contributed by atoms with E-state index >= 15 is 0 Å². The Bertz CT molecular complexity index is 954. The lowest BCUT2D eigenvalue weighted by Crippen LogP contribution is -2.26. The van der Waals surface area contributed by atoms with Crippen LogP contribution in [0, 0.1) is 6.92 Å². The van der Waals surface area contributed by atoms with Crippen LogP contribution in [0.2, 0.25) is 10.0 Å². The number of aryl methyl sites for hydroxylation is 1. The molecule has 0 saturated heterocycles. The minimum Gasteiger partial charge on any atom is -0.263 e. The minimum absolute atomic E-state index is 0.193. The maximum absolute atomic E-state index is 12.0. The normalized spacial score (nSPS) is 11.9. The van der Waals surface area contributed by atoms with Gasteiger partial charge in [-0.05, 0) is 53.8 Å². The van der Waals surface area contributed by atoms with Gasteiger partial charge in [0.15, 0.2) is 0 Å². The second-order valence-electron chi connectivity index (χ2n) is 5.05. The number of aromatic nitrogens is 2. The Kier molecular flexibility index (Phi) is 4.71. The smallest absolute Gasteiger partial charge is 0.263 e. The number of hydrogen-bond acceptors (Lipinski definition) is 3. The Hall–Kier alpha value is -1.82. The molecule has 3 rings (SSSR count). The first-order valence-electron chi connectivity index (χ1n) is 6.86. The largest absolute Gasteiger partial charge is 0.337 e. The fourth-order valence-electron chi connectivity index (χ4n) is 2.04. The third kappa shape index (κ3) is 3.75. The summed E-state index contributed by atoms with van der Waals surface area (Å²) in [6, 6.07) is 12.9. The molecular weight excluding hydrogens is 353 g/mol. The topological polar surface area (TPSA) is 50.1 Å².